The van der Waals surface area contributed by atoms with E-state index in [2.05, 4.69) is 4.98 Å². The minimum Gasteiger partial charge on any atom is -0.487 e. The van der Waals surface area contributed by atoms with Crippen LogP contribution in [0.4, 0.5) is 4.39 Å². The van der Waals surface area contributed by atoms with Crippen molar-refractivity contribution in [2.75, 3.05) is 13.1 Å². The molecule has 25 heavy (non-hydrogen) atoms. The van der Waals surface area contributed by atoms with Crippen LogP contribution in [0.15, 0.2) is 41.6 Å². The van der Waals surface area contributed by atoms with E-state index < -0.39 is 15.8 Å². The predicted octanol–water partition coefficient (Wildman–Crippen LogP) is 3.41. The van der Waals surface area contributed by atoms with Gasteiger partial charge in [0.25, 0.3) is 0 Å². The quantitative estimate of drug-likeness (QED) is 0.810. The first-order chi connectivity index (χ1) is 11.9. The average Bonchev–Trinajstić information content (AvgIpc) is 2.57. The number of pyridine rings is 1. The van der Waals surface area contributed by atoms with Crippen molar-refractivity contribution in [3.63, 3.8) is 0 Å². The van der Waals surface area contributed by atoms with Crippen LogP contribution in [0.2, 0.25) is 5.02 Å². The lowest BCUT2D eigenvalue weighted by atomic mass is 10.1. The van der Waals surface area contributed by atoms with Crippen molar-refractivity contribution in [2.24, 2.45) is 0 Å². The summed E-state index contributed by atoms with van der Waals surface area (Å²) in [6.45, 7) is 2.21. The number of halogens is 2. The van der Waals surface area contributed by atoms with Crippen LogP contribution in [0, 0.1) is 12.7 Å². The summed E-state index contributed by atoms with van der Waals surface area (Å²) in [5, 5.41) is 0.386. The second-order valence-electron chi connectivity index (χ2n) is 5.96. The summed E-state index contributed by atoms with van der Waals surface area (Å²) in [5.74, 6) is 0.0301. The minimum atomic E-state index is -3.70. The molecule has 0 radical (unpaired) electrons. The van der Waals surface area contributed by atoms with Crippen molar-refractivity contribution in [1.82, 2.24) is 9.29 Å². The zero-order valence-electron chi connectivity index (χ0n) is 13.7. The Morgan fingerprint density at radius 2 is 2.16 bits per heavy atom. The highest BCUT2D eigenvalue weighted by Crippen LogP contribution is 2.28. The zero-order valence-corrected chi connectivity index (χ0v) is 15.2. The second kappa shape index (κ2) is 7.27. The van der Waals surface area contributed by atoms with Crippen LogP contribution in [-0.4, -0.2) is 36.9 Å². The molecular formula is C17H18ClFN2O3S. The third-order valence-corrected chi connectivity index (χ3v) is 6.43. The highest BCUT2D eigenvalue weighted by atomic mass is 35.5. The summed E-state index contributed by atoms with van der Waals surface area (Å²) in [7, 11) is -3.70. The minimum absolute atomic E-state index is 0.122. The number of aryl methyl sites for hydroxylation is 1. The number of piperidine rings is 1. The Morgan fingerprint density at radius 1 is 1.36 bits per heavy atom. The number of rotatable bonds is 4. The highest BCUT2D eigenvalue weighted by molar-refractivity contribution is 7.89. The van der Waals surface area contributed by atoms with E-state index in [1.54, 1.807) is 19.2 Å². The van der Waals surface area contributed by atoms with Crippen LogP contribution in [0.25, 0.3) is 0 Å². The molecule has 1 saturated heterocycles. The molecule has 2 aromatic rings. The molecule has 0 spiro atoms. The van der Waals surface area contributed by atoms with Crippen molar-refractivity contribution in [3.8, 4) is 5.75 Å². The number of hydrogen-bond donors (Lipinski definition) is 0. The summed E-state index contributed by atoms with van der Waals surface area (Å²) < 4.78 is 46.3. The van der Waals surface area contributed by atoms with E-state index in [1.165, 1.54) is 22.6 Å². The van der Waals surface area contributed by atoms with E-state index in [0.29, 0.717) is 29.3 Å². The first-order valence-corrected chi connectivity index (χ1v) is 9.72. The Kier molecular flexibility index (Phi) is 5.27. The van der Waals surface area contributed by atoms with Gasteiger partial charge < -0.3 is 4.74 Å². The van der Waals surface area contributed by atoms with Gasteiger partial charge in [-0.3, -0.25) is 4.98 Å². The van der Waals surface area contributed by atoms with Gasteiger partial charge in [-0.15, -0.1) is 0 Å². The van der Waals surface area contributed by atoms with Crippen LogP contribution in [0.3, 0.4) is 0 Å². The maximum atomic E-state index is 13.3. The summed E-state index contributed by atoms with van der Waals surface area (Å²) in [5.41, 5.74) is 0.389. The number of sulfonamides is 1. The fraction of sp³-hybridized carbons (Fsp3) is 0.353. The maximum Gasteiger partial charge on any atom is 0.243 e. The van der Waals surface area contributed by atoms with Gasteiger partial charge in [0, 0.05) is 25.0 Å². The average molecular weight is 385 g/mol. The molecule has 1 aromatic carbocycles. The molecular weight excluding hydrogens is 367 g/mol. The molecule has 0 amide bonds. The predicted molar refractivity (Wildman–Crippen MR) is 92.8 cm³/mol. The van der Waals surface area contributed by atoms with E-state index in [4.69, 9.17) is 16.3 Å². The van der Waals surface area contributed by atoms with Gasteiger partial charge in [-0.05, 0) is 43.5 Å². The Hall–Kier alpha value is -1.70. The molecule has 1 aliphatic rings. The van der Waals surface area contributed by atoms with Crippen LogP contribution in [-0.2, 0) is 10.0 Å². The van der Waals surface area contributed by atoms with Crippen molar-refractivity contribution in [1.29, 1.82) is 0 Å². The molecule has 8 heteroatoms. The van der Waals surface area contributed by atoms with Crippen molar-refractivity contribution in [3.05, 3.63) is 53.1 Å². The van der Waals surface area contributed by atoms with Gasteiger partial charge in [0.15, 0.2) is 0 Å². The molecule has 0 aliphatic carbocycles. The Labute approximate surface area is 151 Å². The standard InChI is InChI=1S/C17H18ClFN2O3S/c1-12-9-13(19)4-5-17(12)25(22,23)21-8-2-3-14(11-21)24-16-6-7-20-10-15(16)18/h4-7,9-10,14H,2-3,8,11H2,1H3. The molecule has 3 rings (SSSR count). The van der Waals surface area contributed by atoms with Crippen molar-refractivity contribution >= 4 is 21.6 Å². The molecule has 1 fully saturated rings. The van der Waals surface area contributed by atoms with Gasteiger partial charge >= 0.3 is 0 Å². The van der Waals surface area contributed by atoms with Gasteiger partial charge in [0.1, 0.15) is 22.7 Å². The molecule has 1 aromatic heterocycles. The summed E-state index contributed by atoms with van der Waals surface area (Å²) in [4.78, 5) is 4.02. The normalized spacial score (nSPS) is 18.9. The van der Waals surface area contributed by atoms with E-state index >= 15 is 0 Å². The van der Waals surface area contributed by atoms with E-state index in [9.17, 15) is 12.8 Å². The molecule has 0 saturated carbocycles. The fourth-order valence-corrected chi connectivity index (χ4v) is 4.78. The Balaban J connectivity index is 1.79. The summed E-state index contributed by atoms with van der Waals surface area (Å²) in [6.07, 6.45) is 4.15. The fourth-order valence-electron chi connectivity index (χ4n) is 2.90. The van der Waals surface area contributed by atoms with E-state index in [1.807, 2.05) is 0 Å². The molecule has 0 N–H and O–H groups in total. The molecule has 5 nitrogen and oxygen atoms in total. The first kappa shape index (κ1) is 18.1. The van der Waals surface area contributed by atoms with Gasteiger partial charge in [-0.25, -0.2) is 12.8 Å². The van der Waals surface area contributed by atoms with Crippen molar-refractivity contribution < 1.29 is 17.5 Å². The zero-order chi connectivity index (χ0) is 18.0. The number of benzene rings is 1. The van der Waals surface area contributed by atoms with Gasteiger partial charge in [0.2, 0.25) is 10.0 Å². The van der Waals surface area contributed by atoms with Crippen LogP contribution in [0.5, 0.6) is 5.75 Å². The molecule has 0 bridgehead atoms. The number of hydrogen-bond acceptors (Lipinski definition) is 4. The molecule has 2 heterocycles. The van der Waals surface area contributed by atoms with Gasteiger partial charge in [0.05, 0.1) is 11.4 Å². The van der Waals surface area contributed by atoms with Crippen molar-refractivity contribution in [2.45, 2.75) is 30.8 Å². The van der Waals surface area contributed by atoms with Gasteiger partial charge in [-0.2, -0.15) is 4.31 Å². The van der Waals surface area contributed by atoms with E-state index in [0.717, 1.165) is 12.5 Å². The van der Waals surface area contributed by atoms with Crippen LogP contribution < -0.4 is 4.74 Å². The van der Waals surface area contributed by atoms with Gasteiger partial charge in [-0.1, -0.05) is 11.6 Å². The monoisotopic (exact) mass is 384 g/mol. The summed E-state index contributed by atoms with van der Waals surface area (Å²) in [6, 6.07) is 5.35. The largest absolute Gasteiger partial charge is 0.487 e. The second-order valence-corrected chi connectivity index (χ2v) is 8.27. The third kappa shape index (κ3) is 3.94. The third-order valence-electron chi connectivity index (χ3n) is 4.12. The smallest absolute Gasteiger partial charge is 0.243 e. The number of nitrogens with zero attached hydrogens (tertiary/aromatic N) is 2. The Bertz CT molecular complexity index is 876. The maximum absolute atomic E-state index is 13.3. The number of ether oxygens (including phenoxy) is 1. The molecule has 1 aliphatic heterocycles. The topological polar surface area (TPSA) is 59.5 Å². The molecule has 134 valence electrons. The molecule has 1 unspecified atom stereocenters. The lowest BCUT2D eigenvalue weighted by Crippen LogP contribution is -2.44. The van der Waals surface area contributed by atoms with Crippen LogP contribution in [0.1, 0.15) is 18.4 Å². The number of aromatic nitrogens is 1. The lowest BCUT2D eigenvalue weighted by Gasteiger charge is -2.32. The summed E-state index contributed by atoms with van der Waals surface area (Å²) >= 11 is 6.05. The first-order valence-electron chi connectivity index (χ1n) is 7.90. The molecule has 1 atom stereocenters. The lowest BCUT2D eigenvalue weighted by molar-refractivity contribution is 0.129. The van der Waals surface area contributed by atoms with Crippen LogP contribution >= 0.6 is 11.6 Å². The Morgan fingerprint density at radius 3 is 2.88 bits per heavy atom. The SMILES string of the molecule is Cc1cc(F)ccc1S(=O)(=O)N1CCCC(Oc2ccncc2Cl)C1. The highest BCUT2D eigenvalue weighted by Gasteiger charge is 2.32. The van der Waals surface area contributed by atoms with E-state index in [-0.39, 0.29) is 17.5 Å².